The van der Waals surface area contributed by atoms with Crippen molar-refractivity contribution in [2.24, 2.45) is 10.8 Å². The third-order valence-corrected chi connectivity index (χ3v) is 3.19. The molecular weight excluding hydrogens is 208 g/mol. The van der Waals surface area contributed by atoms with E-state index in [1.165, 1.54) is 32.4 Å². The molecular formula is C15H32N2. The van der Waals surface area contributed by atoms with Crippen molar-refractivity contribution in [2.45, 2.75) is 66.8 Å². The van der Waals surface area contributed by atoms with E-state index in [1.807, 2.05) is 0 Å². The van der Waals surface area contributed by atoms with Crippen molar-refractivity contribution in [1.82, 2.24) is 10.2 Å². The molecule has 2 heteroatoms. The molecule has 0 saturated carbocycles. The van der Waals surface area contributed by atoms with Gasteiger partial charge in [0.25, 0.3) is 0 Å². The van der Waals surface area contributed by atoms with Gasteiger partial charge in [-0.2, -0.15) is 0 Å². The zero-order valence-corrected chi connectivity index (χ0v) is 12.8. The Hall–Kier alpha value is -0.0800. The molecule has 2 nitrogen and oxygen atoms in total. The smallest absolute Gasteiger partial charge is 0.0482 e. The quantitative estimate of drug-likeness (QED) is 0.795. The molecule has 0 bridgehead atoms. The van der Waals surface area contributed by atoms with Crippen LogP contribution in [0.4, 0.5) is 0 Å². The SMILES string of the molecule is CC(C)(C)CC1CCCN(CC(C)(C)C)CN1. The van der Waals surface area contributed by atoms with E-state index in [4.69, 9.17) is 0 Å². The van der Waals surface area contributed by atoms with Gasteiger partial charge in [0.1, 0.15) is 0 Å². The summed E-state index contributed by atoms with van der Waals surface area (Å²) in [6.07, 6.45) is 3.96. The normalized spacial score (nSPS) is 24.7. The summed E-state index contributed by atoms with van der Waals surface area (Å²) in [6, 6.07) is 0.708. The number of nitrogens with zero attached hydrogens (tertiary/aromatic N) is 1. The average Bonchev–Trinajstić information content (AvgIpc) is 2.25. The topological polar surface area (TPSA) is 15.3 Å². The molecule has 1 saturated heterocycles. The zero-order chi connectivity index (χ0) is 13.1. The molecule has 1 rings (SSSR count). The van der Waals surface area contributed by atoms with Crippen LogP contribution >= 0.6 is 0 Å². The van der Waals surface area contributed by atoms with Crippen LogP contribution in [0.3, 0.4) is 0 Å². The molecule has 17 heavy (non-hydrogen) atoms. The van der Waals surface area contributed by atoms with Crippen molar-refractivity contribution in [3.05, 3.63) is 0 Å². The lowest BCUT2D eigenvalue weighted by molar-refractivity contribution is 0.183. The summed E-state index contributed by atoms with van der Waals surface area (Å²) in [4.78, 5) is 2.57. The standard InChI is InChI=1S/C15H32N2/c1-14(2,3)10-13-8-7-9-17(12-16-13)11-15(4,5)6/h13,16H,7-12H2,1-6H3. The highest BCUT2D eigenvalue weighted by Gasteiger charge is 2.23. The van der Waals surface area contributed by atoms with E-state index in [9.17, 15) is 0 Å². The summed E-state index contributed by atoms with van der Waals surface area (Å²) >= 11 is 0. The Labute approximate surface area is 108 Å². The van der Waals surface area contributed by atoms with Crippen LogP contribution in [0.2, 0.25) is 0 Å². The molecule has 0 aromatic carbocycles. The lowest BCUT2D eigenvalue weighted by Crippen LogP contribution is -2.41. The maximum absolute atomic E-state index is 3.74. The molecule has 1 atom stereocenters. The first kappa shape index (κ1) is 15.0. The van der Waals surface area contributed by atoms with Gasteiger partial charge in [0.2, 0.25) is 0 Å². The Morgan fingerprint density at radius 2 is 1.71 bits per heavy atom. The minimum atomic E-state index is 0.408. The van der Waals surface area contributed by atoms with E-state index in [-0.39, 0.29) is 0 Å². The molecule has 102 valence electrons. The van der Waals surface area contributed by atoms with Crippen LogP contribution in [0.1, 0.15) is 60.8 Å². The average molecular weight is 240 g/mol. The molecule has 0 spiro atoms. The third kappa shape index (κ3) is 7.05. The minimum absolute atomic E-state index is 0.408. The van der Waals surface area contributed by atoms with Crippen molar-refractivity contribution >= 4 is 0 Å². The second kappa shape index (κ2) is 5.71. The molecule has 0 radical (unpaired) electrons. The summed E-state index contributed by atoms with van der Waals surface area (Å²) in [7, 11) is 0. The molecule has 0 aromatic rings. The number of nitrogens with one attached hydrogen (secondary N) is 1. The third-order valence-electron chi connectivity index (χ3n) is 3.19. The number of hydrogen-bond acceptors (Lipinski definition) is 2. The van der Waals surface area contributed by atoms with Gasteiger partial charge < -0.3 is 5.32 Å². The van der Waals surface area contributed by atoms with Crippen molar-refractivity contribution in [3.63, 3.8) is 0 Å². The first-order valence-corrected chi connectivity index (χ1v) is 7.11. The van der Waals surface area contributed by atoms with E-state index in [2.05, 4.69) is 51.8 Å². The summed E-state index contributed by atoms with van der Waals surface area (Å²) in [6.45, 7) is 17.5. The van der Waals surface area contributed by atoms with Crippen LogP contribution in [0.15, 0.2) is 0 Å². The molecule has 0 aliphatic carbocycles. The molecule has 1 aliphatic heterocycles. The Morgan fingerprint density at radius 1 is 1.06 bits per heavy atom. The van der Waals surface area contributed by atoms with Gasteiger partial charge in [0, 0.05) is 19.3 Å². The molecule has 0 amide bonds. The van der Waals surface area contributed by atoms with Crippen LogP contribution < -0.4 is 5.32 Å². The maximum atomic E-state index is 3.74. The van der Waals surface area contributed by atoms with Crippen LogP contribution in [-0.4, -0.2) is 30.7 Å². The van der Waals surface area contributed by atoms with E-state index >= 15 is 0 Å². The highest BCUT2D eigenvalue weighted by atomic mass is 15.2. The van der Waals surface area contributed by atoms with E-state index in [0.717, 1.165) is 6.67 Å². The lowest BCUT2D eigenvalue weighted by atomic mass is 9.87. The molecule has 1 N–H and O–H groups in total. The van der Waals surface area contributed by atoms with Gasteiger partial charge in [0.15, 0.2) is 0 Å². The van der Waals surface area contributed by atoms with Gasteiger partial charge >= 0.3 is 0 Å². The minimum Gasteiger partial charge on any atom is -0.301 e. The van der Waals surface area contributed by atoms with Crippen LogP contribution in [0, 0.1) is 10.8 Å². The van der Waals surface area contributed by atoms with Gasteiger partial charge in [-0.25, -0.2) is 0 Å². The Balaban J connectivity index is 2.40. The Bertz CT molecular complexity index is 198. The molecule has 1 unspecified atom stereocenters. The summed E-state index contributed by atoms with van der Waals surface area (Å²) < 4.78 is 0. The van der Waals surface area contributed by atoms with E-state index < -0.39 is 0 Å². The van der Waals surface area contributed by atoms with Gasteiger partial charge in [0.05, 0.1) is 0 Å². The number of hydrogen-bond donors (Lipinski definition) is 1. The van der Waals surface area contributed by atoms with Crippen LogP contribution in [0.5, 0.6) is 0 Å². The summed E-state index contributed by atoms with van der Waals surface area (Å²) in [5.41, 5.74) is 0.850. The van der Waals surface area contributed by atoms with Crippen molar-refractivity contribution in [3.8, 4) is 0 Å². The Morgan fingerprint density at radius 3 is 2.24 bits per heavy atom. The monoisotopic (exact) mass is 240 g/mol. The fraction of sp³-hybridized carbons (Fsp3) is 1.00. The fourth-order valence-electron chi connectivity index (χ4n) is 2.72. The lowest BCUT2D eigenvalue weighted by Gasteiger charge is -2.30. The molecule has 1 aliphatic rings. The summed E-state index contributed by atoms with van der Waals surface area (Å²) in [5, 5.41) is 3.74. The maximum Gasteiger partial charge on any atom is 0.0482 e. The Kier molecular flexibility index (Phi) is 5.03. The molecule has 0 aromatic heterocycles. The highest BCUT2D eigenvalue weighted by molar-refractivity contribution is 4.79. The second-order valence-corrected chi connectivity index (χ2v) is 8.08. The predicted molar refractivity (Wildman–Crippen MR) is 76.1 cm³/mol. The van der Waals surface area contributed by atoms with Gasteiger partial charge in [-0.3, -0.25) is 4.90 Å². The van der Waals surface area contributed by atoms with Crippen LogP contribution in [0.25, 0.3) is 0 Å². The zero-order valence-electron chi connectivity index (χ0n) is 12.8. The largest absolute Gasteiger partial charge is 0.301 e. The first-order valence-electron chi connectivity index (χ1n) is 7.11. The van der Waals surface area contributed by atoms with Gasteiger partial charge in [-0.15, -0.1) is 0 Å². The van der Waals surface area contributed by atoms with Crippen molar-refractivity contribution in [1.29, 1.82) is 0 Å². The van der Waals surface area contributed by atoms with Gasteiger partial charge in [-0.1, -0.05) is 41.5 Å². The van der Waals surface area contributed by atoms with Gasteiger partial charge in [-0.05, 0) is 36.6 Å². The highest BCUT2D eigenvalue weighted by Crippen LogP contribution is 2.24. The van der Waals surface area contributed by atoms with Crippen molar-refractivity contribution in [2.75, 3.05) is 19.8 Å². The first-order chi connectivity index (χ1) is 7.66. The predicted octanol–water partition coefficient (Wildman–Crippen LogP) is 3.48. The molecule has 1 fully saturated rings. The van der Waals surface area contributed by atoms with Crippen molar-refractivity contribution < 1.29 is 0 Å². The van der Waals surface area contributed by atoms with Crippen LogP contribution in [-0.2, 0) is 0 Å². The van der Waals surface area contributed by atoms with E-state index in [1.54, 1.807) is 0 Å². The fourth-order valence-corrected chi connectivity index (χ4v) is 2.72. The summed E-state index contributed by atoms with van der Waals surface area (Å²) in [5.74, 6) is 0. The van der Waals surface area contributed by atoms with E-state index in [0.29, 0.717) is 16.9 Å². The second-order valence-electron chi connectivity index (χ2n) is 8.08. The molecule has 1 heterocycles. The number of rotatable bonds is 2.